The highest BCUT2D eigenvalue weighted by atomic mass is 16.5. The highest BCUT2D eigenvalue weighted by Crippen LogP contribution is 2.36. The van der Waals surface area contributed by atoms with Crippen molar-refractivity contribution in [2.24, 2.45) is 0 Å². The molecule has 1 heterocycles. The highest BCUT2D eigenvalue weighted by molar-refractivity contribution is 5.56. The summed E-state index contributed by atoms with van der Waals surface area (Å²) in [5.41, 5.74) is 1.56. The molecule has 21 heavy (non-hydrogen) atoms. The molecule has 1 saturated heterocycles. The lowest BCUT2D eigenvalue weighted by Crippen LogP contribution is -2.49. The number of hydrogen-bond acceptors (Lipinski definition) is 4. The van der Waals surface area contributed by atoms with E-state index in [0.717, 1.165) is 31.1 Å². The molecular formula is C17H26N2O2. The standard InChI is InChI=1S/C17H26N2O2/c1-20-15-7-6-14(12-16(15)21-2)19-11-5-10-18-17(13-19)8-3-4-9-17/h6-7,12,18H,3-5,8-11,13H2,1-2H3. The van der Waals surface area contributed by atoms with Crippen molar-refractivity contribution in [3.05, 3.63) is 18.2 Å². The van der Waals surface area contributed by atoms with Gasteiger partial charge in [0.1, 0.15) is 0 Å². The summed E-state index contributed by atoms with van der Waals surface area (Å²) < 4.78 is 10.8. The quantitative estimate of drug-likeness (QED) is 0.928. The maximum absolute atomic E-state index is 5.45. The molecule has 0 aromatic heterocycles. The van der Waals surface area contributed by atoms with Gasteiger partial charge in [-0.25, -0.2) is 0 Å². The third-order valence-corrected chi connectivity index (χ3v) is 4.89. The van der Waals surface area contributed by atoms with Crippen LogP contribution in [-0.4, -0.2) is 39.4 Å². The van der Waals surface area contributed by atoms with E-state index in [2.05, 4.69) is 22.3 Å². The molecule has 4 nitrogen and oxygen atoms in total. The lowest BCUT2D eigenvalue weighted by atomic mass is 9.97. The van der Waals surface area contributed by atoms with Crippen molar-refractivity contribution >= 4 is 5.69 Å². The van der Waals surface area contributed by atoms with Gasteiger partial charge in [0.15, 0.2) is 11.5 Å². The van der Waals surface area contributed by atoms with E-state index in [-0.39, 0.29) is 0 Å². The second-order valence-corrected chi connectivity index (χ2v) is 6.23. The van der Waals surface area contributed by atoms with E-state index in [1.54, 1.807) is 14.2 Å². The van der Waals surface area contributed by atoms with Gasteiger partial charge in [0.05, 0.1) is 14.2 Å². The van der Waals surface area contributed by atoms with E-state index in [9.17, 15) is 0 Å². The SMILES string of the molecule is COc1ccc(N2CCCNC3(CCCC3)C2)cc1OC. The first kappa shape index (κ1) is 14.5. The molecule has 1 aromatic carbocycles. The third-order valence-electron chi connectivity index (χ3n) is 4.89. The molecule has 2 aliphatic rings. The Hall–Kier alpha value is -1.42. The van der Waals surface area contributed by atoms with Gasteiger partial charge in [0, 0.05) is 30.4 Å². The van der Waals surface area contributed by atoms with Gasteiger partial charge in [-0.05, 0) is 37.9 Å². The Balaban J connectivity index is 1.84. The highest BCUT2D eigenvalue weighted by Gasteiger charge is 2.36. The zero-order valence-electron chi connectivity index (χ0n) is 13.2. The molecule has 116 valence electrons. The van der Waals surface area contributed by atoms with Crippen molar-refractivity contribution < 1.29 is 9.47 Å². The second kappa shape index (κ2) is 6.14. The fourth-order valence-corrected chi connectivity index (χ4v) is 3.75. The first-order valence-corrected chi connectivity index (χ1v) is 7.98. The summed E-state index contributed by atoms with van der Waals surface area (Å²) in [7, 11) is 3.38. The molecule has 0 amide bonds. The lowest BCUT2D eigenvalue weighted by Gasteiger charge is -2.34. The van der Waals surface area contributed by atoms with Crippen LogP contribution in [-0.2, 0) is 0 Å². The van der Waals surface area contributed by atoms with Crippen molar-refractivity contribution in [1.82, 2.24) is 5.32 Å². The molecule has 1 aliphatic heterocycles. The summed E-state index contributed by atoms with van der Waals surface area (Å²) in [6, 6.07) is 6.26. The van der Waals surface area contributed by atoms with Crippen LogP contribution >= 0.6 is 0 Å². The average Bonchev–Trinajstić information content (AvgIpc) is 2.87. The van der Waals surface area contributed by atoms with Crippen LogP contribution in [0.15, 0.2) is 18.2 Å². The van der Waals surface area contributed by atoms with Gasteiger partial charge in [0.2, 0.25) is 0 Å². The number of hydrogen-bond donors (Lipinski definition) is 1. The van der Waals surface area contributed by atoms with E-state index in [1.807, 2.05) is 6.07 Å². The van der Waals surface area contributed by atoms with Crippen LogP contribution < -0.4 is 19.7 Å². The number of nitrogens with one attached hydrogen (secondary N) is 1. The van der Waals surface area contributed by atoms with Crippen LogP contribution in [0.2, 0.25) is 0 Å². The molecule has 0 bridgehead atoms. The summed E-state index contributed by atoms with van der Waals surface area (Å²) >= 11 is 0. The molecule has 0 radical (unpaired) electrons. The summed E-state index contributed by atoms with van der Waals surface area (Å²) in [5.74, 6) is 1.61. The molecule has 3 rings (SSSR count). The summed E-state index contributed by atoms with van der Waals surface area (Å²) in [4.78, 5) is 2.51. The molecule has 0 atom stereocenters. The zero-order valence-corrected chi connectivity index (χ0v) is 13.2. The predicted octanol–water partition coefficient (Wildman–Crippen LogP) is 2.82. The third kappa shape index (κ3) is 2.95. The average molecular weight is 290 g/mol. The van der Waals surface area contributed by atoms with Gasteiger partial charge in [-0.1, -0.05) is 12.8 Å². The molecule has 1 N–H and O–H groups in total. The van der Waals surface area contributed by atoms with Crippen LogP contribution in [0.3, 0.4) is 0 Å². The summed E-state index contributed by atoms with van der Waals surface area (Å²) in [6.45, 7) is 3.33. The van der Waals surface area contributed by atoms with Crippen molar-refractivity contribution in [1.29, 1.82) is 0 Å². The Labute approximate surface area is 127 Å². The fourth-order valence-electron chi connectivity index (χ4n) is 3.75. The molecule has 1 aromatic rings. The molecule has 2 fully saturated rings. The Kier molecular flexibility index (Phi) is 4.24. The smallest absolute Gasteiger partial charge is 0.162 e. The second-order valence-electron chi connectivity index (χ2n) is 6.23. The van der Waals surface area contributed by atoms with Crippen LogP contribution in [0.25, 0.3) is 0 Å². The van der Waals surface area contributed by atoms with Gasteiger partial charge >= 0.3 is 0 Å². The lowest BCUT2D eigenvalue weighted by molar-refractivity contribution is 0.351. The summed E-state index contributed by atoms with van der Waals surface area (Å²) in [6.07, 6.45) is 6.50. The van der Waals surface area contributed by atoms with Crippen LogP contribution in [0, 0.1) is 0 Å². The topological polar surface area (TPSA) is 33.7 Å². The van der Waals surface area contributed by atoms with Crippen LogP contribution in [0.1, 0.15) is 32.1 Å². The van der Waals surface area contributed by atoms with Gasteiger partial charge in [-0.15, -0.1) is 0 Å². The fraction of sp³-hybridized carbons (Fsp3) is 0.647. The summed E-state index contributed by atoms with van der Waals surface area (Å²) in [5, 5.41) is 3.81. The van der Waals surface area contributed by atoms with E-state index in [0.29, 0.717) is 5.54 Å². The molecule has 4 heteroatoms. The minimum absolute atomic E-state index is 0.323. The van der Waals surface area contributed by atoms with Crippen molar-refractivity contribution in [2.75, 3.05) is 38.8 Å². The van der Waals surface area contributed by atoms with Gasteiger partial charge in [-0.3, -0.25) is 0 Å². The molecule has 0 unspecified atom stereocenters. The van der Waals surface area contributed by atoms with E-state index in [1.165, 1.54) is 37.8 Å². The van der Waals surface area contributed by atoms with E-state index < -0.39 is 0 Å². The van der Waals surface area contributed by atoms with E-state index >= 15 is 0 Å². The first-order valence-electron chi connectivity index (χ1n) is 7.98. The first-order chi connectivity index (χ1) is 10.3. The van der Waals surface area contributed by atoms with Gasteiger partial charge in [0.25, 0.3) is 0 Å². The molecule has 1 aliphatic carbocycles. The number of ether oxygens (including phenoxy) is 2. The van der Waals surface area contributed by atoms with E-state index in [4.69, 9.17) is 9.47 Å². The molecular weight excluding hydrogens is 264 g/mol. The Morgan fingerprint density at radius 2 is 1.81 bits per heavy atom. The minimum atomic E-state index is 0.323. The van der Waals surface area contributed by atoms with Gasteiger partial charge < -0.3 is 19.7 Å². The minimum Gasteiger partial charge on any atom is -0.493 e. The Morgan fingerprint density at radius 1 is 1.05 bits per heavy atom. The number of rotatable bonds is 3. The largest absolute Gasteiger partial charge is 0.493 e. The number of methoxy groups -OCH3 is 2. The van der Waals surface area contributed by atoms with Crippen molar-refractivity contribution in [2.45, 2.75) is 37.6 Å². The molecule has 1 saturated carbocycles. The number of anilines is 1. The maximum atomic E-state index is 5.45. The number of nitrogens with zero attached hydrogens (tertiary/aromatic N) is 1. The van der Waals surface area contributed by atoms with Crippen LogP contribution in [0.5, 0.6) is 11.5 Å². The molecule has 1 spiro atoms. The van der Waals surface area contributed by atoms with Crippen LogP contribution in [0.4, 0.5) is 5.69 Å². The predicted molar refractivity (Wildman–Crippen MR) is 85.6 cm³/mol. The Morgan fingerprint density at radius 3 is 2.52 bits per heavy atom. The van der Waals surface area contributed by atoms with Gasteiger partial charge in [-0.2, -0.15) is 0 Å². The normalized spacial score (nSPS) is 21.3. The monoisotopic (exact) mass is 290 g/mol. The maximum Gasteiger partial charge on any atom is 0.162 e. The Bertz CT molecular complexity index is 484. The van der Waals surface area contributed by atoms with Crippen molar-refractivity contribution in [3.8, 4) is 11.5 Å². The zero-order chi connectivity index (χ0) is 14.7. The van der Waals surface area contributed by atoms with Crippen molar-refractivity contribution in [3.63, 3.8) is 0 Å². The number of benzene rings is 1.